The molecule has 0 spiro atoms. The number of carbonyl (C=O) groups is 1. The number of morpholine rings is 1. The van der Waals surface area contributed by atoms with Crippen LogP contribution in [0.25, 0.3) is 21.6 Å². The van der Waals surface area contributed by atoms with Crippen LogP contribution in [-0.4, -0.2) is 55.5 Å². The molecule has 2 aromatic heterocycles. The van der Waals surface area contributed by atoms with Crippen molar-refractivity contribution in [2.75, 3.05) is 49.7 Å². The SMILES string of the molecule is O=C(NCCF)Nc1ccc(-c2nc(N3CCOCC3)c3sccc3n2)cc1. The van der Waals surface area contributed by atoms with E-state index in [-0.39, 0.29) is 6.54 Å². The summed E-state index contributed by atoms with van der Waals surface area (Å²) in [5, 5.41) is 7.11. The number of anilines is 2. The van der Waals surface area contributed by atoms with Gasteiger partial charge in [-0.05, 0) is 35.7 Å². The molecule has 3 aromatic rings. The Labute approximate surface area is 165 Å². The number of carbonyl (C=O) groups excluding carboxylic acids is 1. The van der Waals surface area contributed by atoms with E-state index >= 15 is 0 Å². The number of aromatic nitrogens is 2. The number of nitrogens with zero attached hydrogens (tertiary/aromatic N) is 3. The van der Waals surface area contributed by atoms with Crippen molar-refractivity contribution in [3.05, 3.63) is 35.7 Å². The van der Waals surface area contributed by atoms with E-state index in [4.69, 9.17) is 14.7 Å². The standard InChI is InChI=1S/C19H20FN5O2S/c20-6-7-21-19(26)22-14-3-1-13(2-4-14)17-23-15-5-12-28-16(15)18(24-17)25-8-10-27-11-9-25/h1-5,12H,6-11H2,(H2,21,22,26). The molecule has 1 fully saturated rings. The van der Waals surface area contributed by atoms with Crippen molar-refractivity contribution >= 4 is 39.1 Å². The average Bonchev–Trinajstić information content (AvgIpc) is 3.21. The molecule has 0 bridgehead atoms. The second-order valence-electron chi connectivity index (χ2n) is 6.25. The van der Waals surface area contributed by atoms with Gasteiger partial charge >= 0.3 is 6.03 Å². The summed E-state index contributed by atoms with van der Waals surface area (Å²) in [5.74, 6) is 1.58. The summed E-state index contributed by atoms with van der Waals surface area (Å²) in [5.41, 5.74) is 2.40. The van der Waals surface area contributed by atoms with Gasteiger partial charge in [-0.15, -0.1) is 11.3 Å². The fraction of sp³-hybridized carbons (Fsp3) is 0.316. The van der Waals surface area contributed by atoms with Crippen molar-refractivity contribution in [3.8, 4) is 11.4 Å². The number of alkyl halides is 1. The van der Waals surface area contributed by atoms with Crippen molar-refractivity contribution in [1.82, 2.24) is 15.3 Å². The zero-order valence-electron chi connectivity index (χ0n) is 15.2. The van der Waals surface area contributed by atoms with Crippen LogP contribution in [0.3, 0.4) is 0 Å². The predicted molar refractivity (Wildman–Crippen MR) is 109 cm³/mol. The van der Waals surface area contributed by atoms with Crippen LogP contribution in [0.5, 0.6) is 0 Å². The van der Waals surface area contributed by atoms with Gasteiger partial charge in [0.05, 0.1) is 23.4 Å². The number of rotatable bonds is 5. The van der Waals surface area contributed by atoms with Crippen molar-refractivity contribution in [1.29, 1.82) is 0 Å². The number of hydrogen-bond acceptors (Lipinski definition) is 6. The molecule has 7 nitrogen and oxygen atoms in total. The molecular weight excluding hydrogens is 381 g/mol. The molecular formula is C19H20FN5O2S. The van der Waals surface area contributed by atoms with Crippen LogP contribution < -0.4 is 15.5 Å². The lowest BCUT2D eigenvalue weighted by atomic mass is 10.2. The topological polar surface area (TPSA) is 79.4 Å². The Balaban J connectivity index is 1.59. The van der Waals surface area contributed by atoms with Gasteiger partial charge in [-0.3, -0.25) is 0 Å². The highest BCUT2D eigenvalue weighted by molar-refractivity contribution is 7.17. The molecule has 3 heterocycles. The molecule has 2 N–H and O–H groups in total. The van der Waals surface area contributed by atoms with Crippen LogP contribution in [0.1, 0.15) is 0 Å². The number of nitrogens with one attached hydrogen (secondary N) is 2. The van der Waals surface area contributed by atoms with E-state index in [2.05, 4.69) is 15.5 Å². The number of hydrogen-bond donors (Lipinski definition) is 2. The molecule has 0 unspecified atom stereocenters. The smallest absolute Gasteiger partial charge is 0.319 e. The van der Waals surface area contributed by atoms with Gasteiger partial charge in [-0.1, -0.05) is 0 Å². The van der Waals surface area contributed by atoms with E-state index in [1.807, 2.05) is 23.6 Å². The summed E-state index contributed by atoms with van der Waals surface area (Å²) in [7, 11) is 0. The molecule has 4 rings (SSSR count). The van der Waals surface area contributed by atoms with E-state index in [0.29, 0.717) is 24.7 Å². The Morgan fingerprint density at radius 1 is 1.18 bits per heavy atom. The highest BCUT2D eigenvalue weighted by Crippen LogP contribution is 2.32. The van der Waals surface area contributed by atoms with Gasteiger partial charge in [-0.25, -0.2) is 19.2 Å². The largest absolute Gasteiger partial charge is 0.378 e. The third-order valence-electron chi connectivity index (χ3n) is 4.38. The summed E-state index contributed by atoms with van der Waals surface area (Å²) in [6, 6.07) is 8.85. The summed E-state index contributed by atoms with van der Waals surface area (Å²) >= 11 is 1.64. The first-order valence-electron chi connectivity index (χ1n) is 9.04. The second-order valence-corrected chi connectivity index (χ2v) is 7.17. The van der Waals surface area contributed by atoms with Gasteiger partial charge in [0.25, 0.3) is 0 Å². The number of halogens is 1. The van der Waals surface area contributed by atoms with Gasteiger partial charge in [0.1, 0.15) is 6.67 Å². The lowest BCUT2D eigenvalue weighted by Crippen LogP contribution is -2.36. The lowest BCUT2D eigenvalue weighted by molar-refractivity contribution is 0.122. The molecule has 0 atom stereocenters. The molecule has 1 saturated heterocycles. The third-order valence-corrected chi connectivity index (χ3v) is 5.28. The molecule has 2 amide bonds. The molecule has 9 heteroatoms. The first kappa shape index (κ1) is 18.6. The highest BCUT2D eigenvalue weighted by Gasteiger charge is 2.18. The lowest BCUT2D eigenvalue weighted by Gasteiger charge is -2.28. The fourth-order valence-electron chi connectivity index (χ4n) is 3.01. The minimum Gasteiger partial charge on any atom is -0.378 e. The molecule has 0 radical (unpaired) electrons. The van der Waals surface area contributed by atoms with Crippen molar-refractivity contribution < 1.29 is 13.9 Å². The number of benzene rings is 1. The number of thiophene rings is 1. The zero-order valence-corrected chi connectivity index (χ0v) is 16.0. The van der Waals surface area contributed by atoms with Crippen LogP contribution in [0.15, 0.2) is 35.7 Å². The molecule has 1 aromatic carbocycles. The first-order chi connectivity index (χ1) is 13.7. The number of fused-ring (bicyclic) bond motifs is 1. The van der Waals surface area contributed by atoms with Crippen LogP contribution in [0, 0.1) is 0 Å². The summed E-state index contributed by atoms with van der Waals surface area (Å²) in [6.45, 7) is 2.39. The van der Waals surface area contributed by atoms with E-state index in [0.717, 1.165) is 34.7 Å². The van der Waals surface area contributed by atoms with E-state index < -0.39 is 12.7 Å². The Bertz CT molecular complexity index is 957. The minimum absolute atomic E-state index is 0.0112. The van der Waals surface area contributed by atoms with Crippen LogP contribution in [0.4, 0.5) is 20.7 Å². The maximum atomic E-state index is 12.1. The zero-order chi connectivity index (χ0) is 19.3. The summed E-state index contributed by atoms with van der Waals surface area (Å²) in [6.07, 6.45) is 0. The molecule has 28 heavy (non-hydrogen) atoms. The quantitative estimate of drug-likeness (QED) is 0.686. The van der Waals surface area contributed by atoms with Crippen molar-refractivity contribution in [2.45, 2.75) is 0 Å². The van der Waals surface area contributed by atoms with Gasteiger partial charge in [0, 0.05) is 30.9 Å². The van der Waals surface area contributed by atoms with Crippen LogP contribution in [-0.2, 0) is 4.74 Å². The number of urea groups is 1. The summed E-state index contributed by atoms with van der Waals surface area (Å²) < 4.78 is 18.7. The molecule has 146 valence electrons. The monoisotopic (exact) mass is 401 g/mol. The van der Waals surface area contributed by atoms with Crippen LogP contribution >= 0.6 is 11.3 Å². The van der Waals surface area contributed by atoms with Gasteiger partial charge in [-0.2, -0.15) is 0 Å². The molecule has 0 saturated carbocycles. The number of ether oxygens (including phenoxy) is 1. The molecule has 1 aliphatic heterocycles. The fourth-order valence-corrected chi connectivity index (χ4v) is 3.85. The van der Waals surface area contributed by atoms with Crippen molar-refractivity contribution in [2.24, 2.45) is 0 Å². The third kappa shape index (κ3) is 4.05. The predicted octanol–water partition coefficient (Wildman–Crippen LogP) is 3.29. The van der Waals surface area contributed by atoms with Gasteiger partial charge in [0.15, 0.2) is 11.6 Å². The Morgan fingerprint density at radius 3 is 2.71 bits per heavy atom. The van der Waals surface area contributed by atoms with E-state index in [1.54, 1.807) is 23.5 Å². The summed E-state index contributed by atoms with van der Waals surface area (Å²) in [4.78, 5) is 23.4. The highest BCUT2D eigenvalue weighted by atomic mass is 32.1. The number of amides is 2. The van der Waals surface area contributed by atoms with Gasteiger partial charge < -0.3 is 20.3 Å². The Hall–Kier alpha value is -2.78. The maximum absolute atomic E-state index is 12.1. The average molecular weight is 401 g/mol. The van der Waals surface area contributed by atoms with E-state index in [1.165, 1.54) is 0 Å². The van der Waals surface area contributed by atoms with Crippen LogP contribution in [0.2, 0.25) is 0 Å². The molecule has 0 aliphatic carbocycles. The maximum Gasteiger partial charge on any atom is 0.319 e. The normalized spacial score (nSPS) is 14.2. The van der Waals surface area contributed by atoms with Gasteiger partial charge in [0.2, 0.25) is 0 Å². The van der Waals surface area contributed by atoms with Crippen molar-refractivity contribution in [3.63, 3.8) is 0 Å². The molecule has 1 aliphatic rings. The second kappa shape index (κ2) is 8.49. The Kier molecular flexibility index (Phi) is 5.63. The van der Waals surface area contributed by atoms with E-state index in [9.17, 15) is 9.18 Å². The minimum atomic E-state index is -0.597. The first-order valence-corrected chi connectivity index (χ1v) is 9.92. The Morgan fingerprint density at radius 2 is 1.96 bits per heavy atom.